The second-order valence-corrected chi connectivity index (χ2v) is 11.0. The molecule has 0 radical (unpaired) electrons. The summed E-state index contributed by atoms with van der Waals surface area (Å²) in [6.45, 7) is 6.86. The van der Waals surface area contributed by atoms with Gasteiger partial charge in [-0.15, -0.1) is 0 Å². The number of nitrogens with zero attached hydrogens (tertiary/aromatic N) is 3. The predicted molar refractivity (Wildman–Crippen MR) is 155 cm³/mol. The van der Waals surface area contributed by atoms with Crippen LogP contribution in [0, 0.1) is 5.92 Å². The summed E-state index contributed by atoms with van der Waals surface area (Å²) in [5.74, 6) is 1.47. The predicted octanol–water partition coefficient (Wildman–Crippen LogP) is 4.78. The maximum atomic E-state index is 12.2. The van der Waals surface area contributed by atoms with Gasteiger partial charge < -0.3 is 29.3 Å². The second kappa shape index (κ2) is 14.5. The molecule has 0 aromatic heterocycles. The van der Waals surface area contributed by atoms with Crippen LogP contribution in [-0.4, -0.2) is 80.2 Å². The molecule has 1 aliphatic rings. The number of benzene rings is 2. The average molecular weight is 560 g/mol. The molecule has 2 aromatic carbocycles. The molecule has 0 spiro atoms. The second-order valence-electron chi connectivity index (χ2n) is 10.6. The summed E-state index contributed by atoms with van der Waals surface area (Å²) in [5.41, 5.74) is 1.25. The van der Waals surface area contributed by atoms with E-state index in [0.29, 0.717) is 33.7 Å². The maximum Gasteiger partial charge on any atom is 0.225 e. The molecule has 2 unspecified atom stereocenters. The number of carbonyl (C=O) groups excluding carboxylic acids is 2. The Labute approximate surface area is 237 Å². The van der Waals surface area contributed by atoms with E-state index in [1.54, 1.807) is 38.2 Å². The SMILES string of the molecule is COc1ccc(Cl)c(OC(CCN2CCC(N(C=O)c3ccccc3C(O)CC(=O)N(C)C)CC2)C(C)C)c1. The van der Waals surface area contributed by atoms with Crippen LogP contribution >= 0.6 is 11.6 Å². The summed E-state index contributed by atoms with van der Waals surface area (Å²) in [7, 11) is 4.95. The highest BCUT2D eigenvalue weighted by molar-refractivity contribution is 6.32. The lowest BCUT2D eigenvalue weighted by molar-refractivity contribution is -0.130. The van der Waals surface area contributed by atoms with E-state index in [0.717, 1.165) is 45.3 Å². The van der Waals surface area contributed by atoms with Gasteiger partial charge in [0, 0.05) is 57.1 Å². The van der Waals surface area contributed by atoms with Crippen LogP contribution in [0.4, 0.5) is 5.69 Å². The molecule has 1 heterocycles. The highest BCUT2D eigenvalue weighted by Crippen LogP contribution is 2.33. The van der Waals surface area contributed by atoms with Gasteiger partial charge >= 0.3 is 0 Å². The van der Waals surface area contributed by atoms with E-state index >= 15 is 0 Å². The number of methoxy groups -OCH3 is 1. The molecule has 0 saturated carbocycles. The lowest BCUT2D eigenvalue weighted by atomic mass is 9.98. The van der Waals surface area contributed by atoms with Gasteiger partial charge in [0.05, 0.1) is 24.7 Å². The van der Waals surface area contributed by atoms with Gasteiger partial charge in [0.25, 0.3) is 0 Å². The average Bonchev–Trinajstić information content (AvgIpc) is 2.93. The summed E-state index contributed by atoms with van der Waals surface area (Å²) in [6, 6.07) is 12.7. The Bertz CT molecular complexity index is 1090. The summed E-state index contributed by atoms with van der Waals surface area (Å²) in [4.78, 5) is 30.0. The number of rotatable bonds is 13. The molecule has 2 aromatic rings. The van der Waals surface area contributed by atoms with E-state index in [4.69, 9.17) is 21.1 Å². The normalized spacial score (nSPS) is 16.0. The molecule has 3 rings (SSSR count). The van der Waals surface area contributed by atoms with Gasteiger partial charge in [-0.25, -0.2) is 0 Å². The lowest BCUT2D eigenvalue weighted by Crippen LogP contribution is -2.45. The maximum absolute atomic E-state index is 12.2. The molecule has 1 fully saturated rings. The molecule has 1 N–H and O–H groups in total. The van der Waals surface area contributed by atoms with Crippen molar-refractivity contribution < 1.29 is 24.2 Å². The lowest BCUT2D eigenvalue weighted by Gasteiger charge is -2.38. The van der Waals surface area contributed by atoms with Crippen LogP contribution in [0.25, 0.3) is 0 Å². The van der Waals surface area contributed by atoms with E-state index in [1.165, 1.54) is 4.90 Å². The molecule has 2 atom stereocenters. The van der Waals surface area contributed by atoms with E-state index in [2.05, 4.69) is 18.7 Å². The first-order valence-electron chi connectivity index (χ1n) is 13.6. The van der Waals surface area contributed by atoms with Gasteiger partial charge in [-0.1, -0.05) is 43.6 Å². The first-order valence-corrected chi connectivity index (χ1v) is 14.0. The zero-order valence-electron chi connectivity index (χ0n) is 23.7. The van der Waals surface area contributed by atoms with Gasteiger partial charge in [-0.05, 0) is 43.4 Å². The first kappa shape index (κ1) is 30.7. The molecular formula is C30H42ClN3O5. The molecule has 1 aliphatic heterocycles. The number of likely N-dealkylation sites (tertiary alicyclic amines) is 1. The summed E-state index contributed by atoms with van der Waals surface area (Å²) in [6.07, 6.45) is 2.31. The van der Waals surface area contributed by atoms with Gasteiger partial charge in [0.1, 0.15) is 17.6 Å². The number of ether oxygens (including phenoxy) is 2. The molecule has 39 heavy (non-hydrogen) atoms. The van der Waals surface area contributed by atoms with E-state index < -0.39 is 6.10 Å². The van der Waals surface area contributed by atoms with Crippen molar-refractivity contribution in [2.24, 2.45) is 5.92 Å². The van der Waals surface area contributed by atoms with E-state index in [1.807, 2.05) is 30.3 Å². The summed E-state index contributed by atoms with van der Waals surface area (Å²) < 4.78 is 11.6. The molecule has 8 nitrogen and oxygen atoms in total. The van der Waals surface area contributed by atoms with Crippen LogP contribution in [0.2, 0.25) is 5.02 Å². The summed E-state index contributed by atoms with van der Waals surface area (Å²) >= 11 is 6.37. The molecule has 0 bridgehead atoms. The van der Waals surface area contributed by atoms with Gasteiger partial charge in [0.2, 0.25) is 12.3 Å². The minimum Gasteiger partial charge on any atom is -0.497 e. The topological polar surface area (TPSA) is 82.5 Å². The fourth-order valence-electron chi connectivity index (χ4n) is 4.93. The van der Waals surface area contributed by atoms with Crippen molar-refractivity contribution in [3.63, 3.8) is 0 Å². The number of hydrogen-bond donors (Lipinski definition) is 1. The Hall–Kier alpha value is -2.81. The van der Waals surface area contributed by atoms with Crippen LogP contribution < -0.4 is 14.4 Å². The molecule has 0 aliphatic carbocycles. The minimum absolute atomic E-state index is 0.00274. The Balaban J connectivity index is 1.60. The van der Waals surface area contributed by atoms with Gasteiger partial charge in [-0.2, -0.15) is 0 Å². The van der Waals surface area contributed by atoms with Crippen molar-refractivity contribution in [3.8, 4) is 11.5 Å². The number of carbonyl (C=O) groups is 2. The van der Waals surface area contributed by atoms with Crippen LogP contribution in [-0.2, 0) is 9.59 Å². The number of para-hydroxylation sites is 1. The van der Waals surface area contributed by atoms with E-state index in [-0.39, 0.29) is 24.5 Å². The Kier molecular flexibility index (Phi) is 11.5. The number of anilines is 1. The molecule has 214 valence electrons. The minimum atomic E-state index is -0.982. The van der Waals surface area contributed by atoms with Crippen LogP contribution in [0.3, 0.4) is 0 Å². The van der Waals surface area contributed by atoms with Gasteiger partial charge in [0.15, 0.2) is 0 Å². The first-order chi connectivity index (χ1) is 18.6. The molecule has 2 amide bonds. The van der Waals surface area contributed by atoms with E-state index in [9.17, 15) is 14.7 Å². The largest absolute Gasteiger partial charge is 0.497 e. The highest BCUT2D eigenvalue weighted by Gasteiger charge is 2.28. The van der Waals surface area contributed by atoms with Crippen molar-refractivity contribution in [1.29, 1.82) is 0 Å². The number of halogens is 1. The van der Waals surface area contributed by atoms with Crippen molar-refractivity contribution in [3.05, 3.63) is 53.1 Å². The molecule has 1 saturated heterocycles. The Morgan fingerprint density at radius 2 is 1.87 bits per heavy atom. The van der Waals surface area contributed by atoms with Gasteiger partial charge in [-0.3, -0.25) is 9.59 Å². The molecular weight excluding hydrogens is 518 g/mol. The third kappa shape index (κ3) is 8.34. The molecule has 9 heteroatoms. The number of piperidine rings is 1. The Morgan fingerprint density at radius 3 is 2.49 bits per heavy atom. The fourth-order valence-corrected chi connectivity index (χ4v) is 5.09. The zero-order valence-corrected chi connectivity index (χ0v) is 24.4. The van der Waals surface area contributed by atoms with Crippen LogP contribution in [0.5, 0.6) is 11.5 Å². The summed E-state index contributed by atoms with van der Waals surface area (Å²) in [5, 5.41) is 11.4. The van der Waals surface area contributed by atoms with Crippen LogP contribution in [0.15, 0.2) is 42.5 Å². The number of aliphatic hydroxyl groups is 1. The third-order valence-electron chi connectivity index (χ3n) is 7.39. The third-order valence-corrected chi connectivity index (χ3v) is 7.71. The smallest absolute Gasteiger partial charge is 0.225 e. The Morgan fingerprint density at radius 1 is 1.18 bits per heavy atom. The van der Waals surface area contributed by atoms with Crippen LogP contribution in [0.1, 0.15) is 51.2 Å². The number of hydrogen-bond acceptors (Lipinski definition) is 6. The van der Waals surface area contributed by atoms with Crippen molar-refractivity contribution in [2.75, 3.05) is 45.7 Å². The number of amides is 2. The van der Waals surface area contributed by atoms with Crippen molar-refractivity contribution >= 4 is 29.6 Å². The van der Waals surface area contributed by atoms with Crippen molar-refractivity contribution in [1.82, 2.24) is 9.80 Å². The standard InChI is InChI=1S/C30H42ClN3O5/c1-21(2)28(39-29-18-23(38-5)10-11-25(29)31)14-17-33-15-12-22(13-16-33)34(20-35)26-9-7-6-8-24(26)27(36)19-30(37)32(3)4/h6-11,18,20-22,27-28,36H,12-17,19H2,1-5H3. The zero-order chi connectivity index (χ0) is 28.5. The monoisotopic (exact) mass is 559 g/mol. The highest BCUT2D eigenvalue weighted by atomic mass is 35.5. The van der Waals surface area contributed by atoms with Crippen molar-refractivity contribution in [2.45, 2.75) is 57.8 Å². The number of aliphatic hydroxyl groups excluding tert-OH is 1. The fraction of sp³-hybridized carbons (Fsp3) is 0.533. The quantitative estimate of drug-likeness (QED) is 0.356.